The van der Waals surface area contributed by atoms with E-state index in [2.05, 4.69) is 35.9 Å². The maximum atomic E-state index is 6.33. The Hall–Kier alpha value is -1.16. The average Bonchev–Trinajstić information content (AvgIpc) is 2.38. The van der Waals surface area contributed by atoms with Crippen molar-refractivity contribution in [2.45, 2.75) is 32.6 Å². The van der Waals surface area contributed by atoms with Gasteiger partial charge in [0.15, 0.2) is 0 Å². The number of para-hydroxylation sites is 1. The van der Waals surface area contributed by atoms with Crippen LogP contribution < -0.4 is 0 Å². The Labute approximate surface area is 124 Å². The fraction of sp³-hybridized carbons (Fsp3) is 0.438. The van der Waals surface area contributed by atoms with Crippen molar-refractivity contribution < 1.29 is 4.74 Å². The van der Waals surface area contributed by atoms with Crippen molar-refractivity contribution in [2.24, 2.45) is 0 Å². The molecule has 1 aliphatic heterocycles. The van der Waals surface area contributed by atoms with Crippen LogP contribution in [0.1, 0.15) is 19.4 Å². The van der Waals surface area contributed by atoms with E-state index in [1.54, 1.807) is 0 Å². The summed E-state index contributed by atoms with van der Waals surface area (Å²) in [6.07, 6.45) is 0.539. The van der Waals surface area contributed by atoms with Gasteiger partial charge in [0.2, 0.25) is 0 Å². The summed E-state index contributed by atoms with van der Waals surface area (Å²) in [4.78, 5) is 6.87. The minimum Gasteiger partial charge on any atom is -0.373 e. The number of hydrogen-bond donors (Lipinski definition) is 0. The third-order valence-electron chi connectivity index (χ3n) is 3.64. The Balaban J connectivity index is 1.85. The largest absolute Gasteiger partial charge is 0.373 e. The Morgan fingerprint density at radius 2 is 1.95 bits per heavy atom. The van der Waals surface area contributed by atoms with E-state index in [0.717, 1.165) is 36.1 Å². The molecule has 1 aromatic carbocycles. The molecule has 1 aliphatic rings. The van der Waals surface area contributed by atoms with Crippen LogP contribution in [0.4, 0.5) is 0 Å². The normalized spacial score (nSPS) is 24.1. The van der Waals surface area contributed by atoms with Gasteiger partial charge in [0, 0.05) is 30.6 Å². The van der Waals surface area contributed by atoms with Gasteiger partial charge in [0.1, 0.15) is 5.15 Å². The molecule has 3 rings (SSSR count). The van der Waals surface area contributed by atoms with Crippen molar-refractivity contribution in [3.8, 4) is 0 Å². The summed E-state index contributed by atoms with van der Waals surface area (Å²) >= 11 is 6.33. The second-order valence-electron chi connectivity index (χ2n) is 5.58. The molecule has 2 heterocycles. The summed E-state index contributed by atoms with van der Waals surface area (Å²) < 4.78 is 5.76. The van der Waals surface area contributed by atoms with Crippen molar-refractivity contribution in [3.05, 3.63) is 41.0 Å². The van der Waals surface area contributed by atoms with Gasteiger partial charge < -0.3 is 4.74 Å². The second kappa shape index (κ2) is 5.68. The molecular formula is C16H19ClN2O. The lowest BCUT2D eigenvalue weighted by atomic mass is 10.1. The van der Waals surface area contributed by atoms with E-state index in [-0.39, 0.29) is 12.2 Å². The molecule has 0 radical (unpaired) electrons. The fourth-order valence-corrected chi connectivity index (χ4v) is 3.11. The summed E-state index contributed by atoms with van der Waals surface area (Å²) in [7, 11) is 0. The quantitative estimate of drug-likeness (QED) is 0.792. The molecule has 0 bridgehead atoms. The van der Waals surface area contributed by atoms with E-state index < -0.39 is 0 Å². The Kier molecular flexibility index (Phi) is 3.92. The highest BCUT2D eigenvalue weighted by atomic mass is 35.5. The van der Waals surface area contributed by atoms with Gasteiger partial charge in [-0.3, -0.25) is 4.90 Å². The number of aromatic nitrogens is 1. The average molecular weight is 291 g/mol. The number of morpholine rings is 1. The third kappa shape index (κ3) is 2.95. The van der Waals surface area contributed by atoms with Gasteiger partial charge in [-0.1, -0.05) is 29.8 Å². The van der Waals surface area contributed by atoms with E-state index in [4.69, 9.17) is 16.3 Å². The van der Waals surface area contributed by atoms with Gasteiger partial charge >= 0.3 is 0 Å². The van der Waals surface area contributed by atoms with Gasteiger partial charge in [-0.15, -0.1) is 0 Å². The number of benzene rings is 1. The Morgan fingerprint density at radius 1 is 1.25 bits per heavy atom. The van der Waals surface area contributed by atoms with Gasteiger partial charge in [-0.25, -0.2) is 4.98 Å². The molecule has 3 nitrogen and oxygen atoms in total. The molecule has 4 heteroatoms. The van der Waals surface area contributed by atoms with Crippen LogP contribution in [-0.2, 0) is 11.3 Å². The maximum absolute atomic E-state index is 6.33. The van der Waals surface area contributed by atoms with Crippen LogP contribution in [0.2, 0.25) is 5.15 Å². The van der Waals surface area contributed by atoms with Crippen LogP contribution in [0, 0.1) is 0 Å². The van der Waals surface area contributed by atoms with Crippen molar-refractivity contribution in [2.75, 3.05) is 13.1 Å². The van der Waals surface area contributed by atoms with E-state index in [9.17, 15) is 0 Å². The molecule has 1 aromatic heterocycles. The zero-order valence-electron chi connectivity index (χ0n) is 11.8. The first kappa shape index (κ1) is 13.8. The van der Waals surface area contributed by atoms with Crippen molar-refractivity contribution in [3.63, 3.8) is 0 Å². The number of fused-ring (bicyclic) bond motifs is 1. The van der Waals surface area contributed by atoms with Gasteiger partial charge in [-0.05, 0) is 26.0 Å². The number of nitrogens with zero attached hydrogens (tertiary/aromatic N) is 2. The van der Waals surface area contributed by atoms with E-state index in [1.165, 1.54) is 0 Å². The first-order chi connectivity index (χ1) is 9.61. The van der Waals surface area contributed by atoms with Crippen LogP contribution in [-0.4, -0.2) is 35.2 Å². The minimum atomic E-state index is 0.269. The molecule has 2 unspecified atom stereocenters. The Morgan fingerprint density at radius 3 is 2.70 bits per heavy atom. The second-order valence-corrected chi connectivity index (χ2v) is 5.94. The van der Waals surface area contributed by atoms with Gasteiger partial charge in [0.25, 0.3) is 0 Å². The number of pyridine rings is 1. The summed E-state index contributed by atoms with van der Waals surface area (Å²) in [6.45, 7) is 6.93. The molecule has 0 saturated carbocycles. The first-order valence-corrected chi connectivity index (χ1v) is 7.41. The predicted molar refractivity (Wildman–Crippen MR) is 82.0 cm³/mol. The number of ether oxygens (including phenoxy) is 1. The number of hydrogen-bond acceptors (Lipinski definition) is 3. The van der Waals surface area contributed by atoms with E-state index in [1.807, 2.05) is 18.2 Å². The summed E-state index contributed by atoms with van der Waals surface area (Å²) in [6, 6.07) is 10.2. The first-order valence-electron chi connectivity index (χ1n) is 7.04. The molecule has 0 amide bonds. The maximum Gasteiger partial charge on any atom is 0.134 e. The molecule has 0 spiro atoms. The highest BCUT2D eigenvalue weighted by molar-refractivity contribution is 6.30. The topological polar surface area (TPSA) is 25.4 Å². The van der Waals surface area contributed by atoms with Crippen LogP contribution in [0.15, 0.2) is 30.3 Å². The van der Waals surface area contributed by atoms with Gasteiger partial charge in [-0.2, -0.15) is 0 Å². The van der Waals surface area contributed by atoms with Crippen LogP contribution in [0.25, 0.3) is 10.9 Å². The summed E-state index contributed by atoms with van der Waals surface area (Å²) in [5.74, 6) is 0. The standard InChI is InChI=1S/C16H19ClN2O/c1-11-8-19(9-12(2)20-11)10-14-7-13-5-3-4-6-15(13)18-16(14)17/h3-7,11-12H,8-10H2,1-2H3. The molecular weight excluding hydrogens is 272 g/mol. The monoisotopic (exact) mass is 290 g/mol. The van der Waals surface area contributed by atoms with Crippen LogP contribution in [0.3, 0.4) is 0 Å². The molecule has 106 valence electrons. The Bertz CT molecular complexity index is 606. The molecule has 0 N–H and O–H groups in total. The smallest absolute Gasteiger partial charge is 0.134 e. The summed E-state index contributed by atoms with van der Waals surface area (Å²) in [5.41, 5.74) is 2.04. The highest BCUT2D eigenvalue weighted by Crippen LogP contribution is 2.23. The van der Waals surface area contributed by atoms with Crippen molar-refractivity contribution in [1.29, 1.82) is 0 Å². The molecule has 0 aliphatic carbocycles. The molecule has 1 fully saturated rings. The zero-order valence-corrected chi connectivity index (χ0v) is 12.6. The minimum absolute atomic E-state index is 0.269. The fourth-order valence-electron chi connectivity index (χ4n) is 2.90. The lowest BCUT2D eigenvalue weighted by Gasteiger charge is -2.35. The van der Waals surface area contributed by atoms with Crippen molar-refractivity contribution in [1.82, 2.24) is 9.88 Å². The van der Waals surface area contributed by atoms with Crippen LogP contribution in [0.5, 0.6) is 0 Å². The molecule has 2 aromatic rings. The molecule has 2 atom stereocenters. The lowest BCUT2D eigenvalue weighted by molar-refractivity contribution is -0.0704. The highest BCUT2D eigenvalue weighted by Gasteiger charge is 2.22. The van der Waals surface area contributed by atoms with E-state index in [0.29, 0.717) is 5.15 Å². The number of rotatable bonds is 2. The predicted octanol–water partition coefficient (Wildman–Crippen LogP) is 3.50. The molecule has 1 saturated heterocycles. The van der Waals surface area contributed by atoms with E-state index >= 15 is 0 Å². The molecule has 20 heavy (non-hydrogen) atoms. The summed E-state index contributed by atoms with van der Waals surface area (Å²) in [5, 5.41) is 1.75. The number of halogens is 1. The van der Waals surface area contributed by atoms with Crippen LogP contribution >= 0.6 is 11.6 Å². The zero-order chi connectivity index (χ0) is 14.1. The van der Waals surface area contributed by atoms with Crippen molar-refractivity contribution >= 4 is 22.5 Å². The van der Waals surface area contributed by atoms with Gasteiger partial charge in [0.05, 0.1) is 17.7 Å². The SMILES string of the molecule is CC1CN(Cc2cc3ccccc3nc2Cl)CC(C)O1. The lowest BCUT2D eigenvalue weighted by Crippen LogP contribution is -2.44. The third-order valence-corrected chi connectivity index (χ3v) is 3.97.